The van der Waals surface area contributed by atoms with Crippen LogP contribution in [0.5, 0.6) is 5.75 Å². The van der Waals surface area contributed by atoms with Gasteiger partial charge in [0.2, 0.25) is 0 Å². The van der Waals surface area contributed by atoms with Crippen LogP contribution in [0.25, 0.3) is 0 Å². The number of fused-ring (bicyclic) bond motifs is 1. The van der Waals surface area contributed by atoms with Crippen molar-refractivity contribution in [1.82, 2.24) is 0 Å². The van der Waals surface area contributed by atoms with Gasteiger partial charge in [0.05, 0.1) is 5.69 Å². The Morgan fingerprint density at radius 1 is 1.28 bits per heavy atom. The fourth-order valence-electron chi connectivity index (χ4n) is 3.39. The molecule has 0 aliphatic carbocycles. The minimum atomic E-state index is -0.270. The molecule has 0 saturated carbocycles. The maximum atomic E-state index is 14.1. The lowest BCUT2D eigenvalue weighted by Crippen LogP contribution is -2.29. The molecule has 1 aliphatic rings. The number of rotatable bonds is 7. The average molecular weight is 341 g/mol. The quantitative estimate of drug-likeness (QED) is 0.703. The lowest BCUT2D eigenvalue weighted by Gasteiger charge is -2.32. The van der Waals surface area contributed by atoms with Gasteiger partial charge in [-0.3, -0.25) is 0 Å². The maximum Gasteiger partial charge on any atom is 0.143 e. The molecule has 1 aliphatic heterocycles. The number of nitrogens with zero attached hydrogens (tertiary/aromatic N) is 1. The van der Waals surface area contributed by atoms with Crippen LogP contribution in [-0.2, 0) is 24.2 Å². The summed E-state index contributed by atoms with van der Waals surface area (Å²) in [5.74, 6) is 0.595. The summed E-state index contributed by atoms with van der Waals surface area (Å²) in [4.78, 5) is 12.8. The monoisotopic (exact) mass is 341 g/mol. The molecule has 2 aromatic carbocycles. The van der Waals surface area contributed by atoms with Crippen molar-refractivity contribution in [3.8, 4) is 5.75 Å². The standard InChI is InChI=1S/C21H24FNO2/c1-2-23-12-4-7-18-6-3-9-20(21(18)23)25-15-16-10-11-17(8-5-13-24)19(22)14-16/h3,6,9-11,13-14H,2,4-5,7-8,12,15H2,1H3. The van der Waals surface area contributed by atoms with E-state index < -0.39 is 0 Å². The highest BCUT2D eigenvalue weighted by Crippen LogP contribution is 2.36. The Hall–Kier alpha value is -2.36. The summed E-state index contributed by atoms with van der Waals surface area (Å²) in [6, 6.07) is 11.3. The molecule has 0 atom stereocenters. The highest BCUT2D eigenvalue weighted by molar-refractivity contribution is 5.65. The van der Waals surface area contributed by atoms with E-state index in [0.717, 1.165) is 43.5 Å². The van der Waals surface area contributed by atoms with E-state index in [0.29, 0.717) is 25.0 Å². The van der Waals surface area contributed by atoms with Crippen LogP contribution in [0, 0.1) is 5.82 Å². The van der Waals surface area contributed by atoms with Crippen molar-refractivity contribution in [3.05, 3.63) is 58.9 Å². The third-order valence-electron chi connectivity index (χ3n) is 4.70. The van der Waals surface area contributed by atoms with Crippen molar-refractivity contribution in [1.29, 1.82) is 0 Å². The Morgan fingerprint density at radius 3 is 2.92 bits per heavy atom. The van der Waals surface area contributed by atoms with Crippen LogP contribution in [0.4, 0.5) is 10.1 Å². The number of hydrogen-bond donors (Lipinski definition) is 0. The molecule has 0 radical (unpaired) electrons. The number of carbonyl (C=O) groups excluding carboxylic acids is 1. The van der Waals surface area contributed by atoms with Crippen molar-refractivity contribution in [2.75, 3.05) is 18.0 Å². The third kappa shape index (κ3) is 4.01. The molecule has 0 N–H and O–H groups in total. The van der Waals surface area contributed by atoms with Crippen molar-refractivity contribution in [2.24, 2.45) is 0 Å². The summed E-state index contributed by atoms with van der Waals surface area (Å²) in [5.41, 5.74) is 3.87. The van der Waals surface area contributed by atoms with Gasteiger partial charge in [-0.25, -0.2) is 4.39 Å². The van der Waals surface area contributed by atoms with E-state index in [9.17, 15) is 9.18 Å². The second kappa shape index (κ2) is 8.15. The topological polar surface area (TPSA) is 29.5 Å². The molecule has 3 rings (SSSR count). The van der Waals surface area contributed by atoms with Gasteiger partial charge in [0.25, 0.3) is 0 Å². The SMILES string of the molecule is CCN1CCCc2cccc(OCc3ccc(CCC=O)c(F)c3)c21. The zero-order valence-corrected chi connectivity index (χ0v) is 14.6. The number of aldehydes is 1. The molecule has 1 heterocycles. The fourth-order valence-corrected chi connectivity index (χ4v) is 3.39. The molecule has 2 aromatic rings. The Balaban J connectivity index is 1.74. The molecule has 0 amide bonds. The molecule has 25 heavy (non-hydrogen) atoms. The molecular weight excluding hydrogens is 317 g/mol. The molecule has 0 spiro atoms. The summed E-state index contributed by atoms with van der Waals surface area (Å²) in [6.45, 7) is 4.48. The van der Waals surface area contributed by atoms with E-state index in [-0.39, 0.29) is 5.82 Å². The summed E-state index contributed by atoms with van der Waals surface area (Å²) >= 11 is 0. The van der Waals surface area contributed by atoms with Gasteiger partial charge in [0, 0.05) is 19.5 Å². The molecule has 3 nitrogen and oxygen atoms in total. The molecule has 0 fully saturated rings. The van der Waals surface area contributed by atoms with Crippen LogP contribution in [0.2, 0.25) is 0 Å². The van der Waals surface area contributed by atoms with E-state index in [1.165, 1.54) is 17.3 Å². The van der Waals surface area contributed by atoms with Crippen molar-refractivity contribution < 1.29 is 13.9 Å². The number of para-hydroxylation sites is 1. The van der Waals surface area contributed by atoms with Gasteiger partial charge in [0.15, 0.2) is 0 Å². The number of anilines is 1. The molecule has 0 bridgehead atoms. The largest absolute Gasteiger partial charge is 0.487 e. The molecule has 0 unspecified atom stereocenters. The maximum absolute atomic E-state index is 14.1. The number of carbonyl (C=O) groups is 1. The van der Waals surface area contributed by atoms with Gasteiger partial charge in [-0.1, -0.05) is 24.3 Å². The third-order valence-corrected chi connectivity index (χ3v) is 4.70. The molecule has 0 saturated heterocycles. The van der Waals surface area contributed by atoms with Crippen LogP contribution >= 0.6 is 0 Å². The second-order valence-electron chi connectivity index (χ2n) is 6.37. The zero-order valence-electron chi connectivity index (χ0n) is 14.6. The Labute approximate surface area is 148 Å². The van der Waals surface area contributed by atoms with Crippen LogP contribution < -0.4 is 9.64 Å². The Bertz CT molecular complexity index is 745. The van der Waals surface area contributed by atoms with Crippen LogP contribution in [-0.4, -0.2) is 19.4 Å². The molecule has 0 aromatic heterocycles. The first kappa shape index (κ1) is 17.5. The summed E-state index contributed by atoms with van der Waals surface area (Å²) in [5, 5.41) is 0. The smallest absolute Gasteiger partial charge is 0.143 e. The normalized spacial score (nSPS) is 13.4. The summed E-state index contributed by atoms with van der Waals surface area (Å²) in [7, 11) is 0. The first-order chi connectivity index (χ1) is 12.2. The molecule has 132 valence electrons. The van der Waals surface area contributed by atoms with Gasteiger partial charge in [0.1, 0.15) is 24.5 Å². The Morgan fingerprint density at radius 2 is 2.16 bits per heavy atom. The lowest BCUT2D eigenvalue weighted by atomic mass is 10.0. The highest BCUT2D eigenvalue weighted by atomic mass is 19.1. The number of halogens is 1. The van der Waals surface area contributed by atoms with Crippen molar-refractivity contribution in [3.63, 3.8) is 0 Å². The van der Waals surface area contributed by atoms with Gasteiger partial charge in [-0.15, -0.1) is 0 Å². The number of ether oxygens (including phenoxy) is 1. The minimum absolute atomic E-state index is 0.270. The van der Waals surface area contributed by atoms with Crippen LogP contribution in [0.3, 0.4) is 0 Å². The van der Waals surface area contributed by atoms with Crippen LogP contribution in [0.15, 0.2) is 36.4 Å². The predicted octanol–water partition coefficient (Wildman–Crippen LogP) is 4.31. The highest BCUT2D eigenvalue weighted by Gasteiger charge is 2.19. The summed E-state index contributed by atoms with van der Waals surface area (Å²) < 4.78 is 20.1. The average Bonchev–Trinajstić information content (AvgIpc) is 2.65. The van der Waals surface area contributed by atoms with E-state index in [2.05, 4.69) is 17.9 Å². The van der Waals surface area contributed by atoms with Crippen molar-refractivity contribution in [2.45, 2.75) is 39.2 Å². The zero-order chi connectivity index (χ0) is 17.6. The second-order valence-corrected chi connectivity index (χ2v) is 6.37. The van der Waals surface area contributed by atoms with E-state index in [1.807, 2.05) is 18.2 Å². The first-order valence-electron chi connectivity index (χ1n) is 8.93. The van der Waals surface area contributed by atoms with E-state index in [4.69, 9.17) is 4.74 Å². The molecular formula is C21H24FNO2. The first-order valence-corrected chi connectivity index (χ1v) is 8.93. The fraction of sp³-hybridized carbons (Fsp3) is 0.381. The van der Waals surface area contributed by atoms with Gasteiger partial charge >= 0.3 is 0 Å². The predicted molar refractivity (Wildman–Crippen MR) is 97.8 cm³/mol. The summed E-state index contributed by atoms with van der Waals surface area (Å²) in [6.07, 6.45) is 3.83. The van der Waals surface area contributed by atoms with Gasteiger partial charge < -0.3 is 14.4 Å². The minimum Gasteiger partial charge on any atom is -0.487 e. The number of hydrogen-bond acceptors (Lipinski definition) is 3. The number of benzene rings is 2. The molecule has 4 heteroatoms. The lowest BCUT2D eigenvalue weighted by molar-refractivity contribution is -0.107. The van der Waals surface area contributed by atoms with E-state index in [1.54, 1.807) is 6.07 Å². The van der Waals surface area contributed by atoms with Crippen LogP contribution in [0.1, 0.15) is 36.5 Å². The van der Waals surface area contributed by atoms with Crippen molar-refractivity contribution >= 4 is 12.0 Å². The van der Waals surface area contributed by atoms with Gasteiger partial charge in [-0.2, -0.15) is 0 Å². The number of aryl methyl sites for hydroxylation is 2. The van der Waals surface area contributed by atoms with E-state index >= 15 is 0 Å². The Kier molecular flexibility index (Phi) is 5.69. The van der Waals surface area contributed by atoms with Gasteiger partial charge in [-0.05, 0) is 55.0 Å².